The van der Waals surface area contributed by atoms with Crippen LogP contribution in [0.4, 0.5) is 5.69 Å². The average molecular weight is 252 g/mol. The second-order valence-corrected chi connectivity index (χ2v) is 3.88. The number of unbranched alkanes of at least 4 members (excludes halogenated alkanes) is 1. The summed E-state index contributed by atoms with van der Waals surface area (Å²) >= 11 is 0. The highest BCUT2D eigenvalue weighted by molar-refractivity contribution is 6.00. The van der Waals surface area contributed by atoms with Crippen LogP contribution in [0.3, 0.4) is 0 Å². The van der Waals surface area contributed by atoms with Crippen molar-refractivity contribution in [2.75, 3.05) is 33.1 Å². The summed E-state index contributed by atoms with van der Waals surface area (Å²) in [4.78, 5) is 11.9. The largest absolute Gasteiger partial charge is 0.495 e. The van der Waals surface area contributed by atoms with E-state index in [-0.39, 0.29) is 5.91 Å². The third-order valence-corrected chi connectivity index (χ3v) is 2.59. The zero-order chi connectivity index (χ0) is 13.4. The SMILES string of the molecule is COCCCCNC(=O)c1cccc(OC)c1N. The highest BCUT2D eigenvalue weighted by Crippen LogP contribution is 2.24. The van der Waals surface area contributed by atoms with Crippen molar-refractivity contribution >= 4 is 11.6 Å². The van der Waals surface area contributed by atoms with Gasteiger partial charge in [0, 0.05) is 20.3 Å². The summed E-state index contributed by atoms with van der Waals surface area (Å²) in [7, 11) is 3.19. The van der Waals surface area contributed by atoms with Crippen LogP contribution in [0.2, 0.25) is 0 Å². The lowest BCUT2D eigenvalue weighted by atomic mass is 10.1. The Kier molecular flexibility index (Phi) is 6.00. The fourth-order valence-electron chi connectivity index (χ4n) is 1.59. The van der Waals surface area contributed by atoms with Crippen LogP contribution in [-0.2, 0) is 4.74 Å². The van der Waals surface area contributed by atoms with E-state index in [1.807, 2.05) is 0 Å². The Balaban J connectivity index is 2.51. The van der Waals surface area contributed by atoms with Crippen molar-refractivity contribution in [1.82, 2.24) is 5.32 Å². The van der Waals surface area contributed by atoms with Gasteiger partial charge in [0.2, 0.25) is 0 Å². The molecule has 0 saturated heterocycles. The first-order valence-corrected chi connectivity index (χ1v) is 5.90. The Morgan fingerprint density at radius 1 is 1.33 bits per heavy atom. The van der Waals surface area contributed by atoms with Crippen LogP contribution < -0.4 is 15.8 Å². The van der Waals surface area contributed by atoms with Crippen LogP contribution in [0.1, 0.15) is 23.2 Å². The van der Waals surface area contributed by atoms with E-state index < -0.39 is 0 Å². The molecule has 3 N–H and O–H groups in total. The molecule has 0 fully saturated rings. The molecule has 1 rings (SSSR count). The van der Waals surface area contributed by atoms with E-state index >= 15 is 0 Å². The first kappa shape index (κ1) is 14.3. The maximum atomic E-state index is 11.9. The minimum absolute atomic E-state index is 0.177. The van der Waals surface area contributed by atoms with Crippen molar-refractivity contribution < 1.29 is 14.3 Å². The molecule has 5 heteroatoms. The zero-order valence-corrected chi connectivity index (χ0v) is 10.9. The lowest BCUT2D eigenvalue weighted by Gasteiger charge is -2.10. The van der Waals surface area contributed by atoms with Crippen molar-refractivity contribution in [2.45, 2.75) is 12.8 Å². The van der Waals surface area contributed by atoms with Crippen molar-refractivity contribution in [2.24, 2.45) is 0 Å². The van der Waals surface area contributed by atoms with Crippen LogP contribution in [0, 0.1) is 0 Å². The van der Waals surface area contributed by atoms with Crippen LogP contribution in [-0.4, -0.2) is 33.3 Å². The summed E-state index contributed by atoms with van der Waals surface area (Å²) in [5.41, 5.74) is 6.66. The van der Waals surface area contributed by atoms with Crippen molar-refractivity contribution in [3.63, 3.8) is 0 Å². The van der Waals surface area contributed by atoms with Gasteiger partial charge >= 0.3 is 0 Å². The number of nitrogens with two attached hydrogens (primary N) is 1. The molecule has 0 aliphatic carbocycles. The third kappa shape index (κ3) is 3.92. The molecule has 0 atom stereocenters. The third-order valence-electron chi connectivity index (χ3n) is 2.59. The average Bonchev–Trinajstić information content (AvgIpc) is 2.38. The fourth-order valence-corrected chi connectivity index (χ4v) is 1.59. The molecule has 0 aromatic heterocycles. The number of rotatable bonds is 7. The normalized spacial score (nSPS) is 10.1. The number of carbonyl (C=O) groups excluding carboxylic acids is 1. The molecule has 0 aliphatic heterocycles. The highest BCUT2D eigenvalue weighted by atomic mass is 16.5. The Labute approximate surface area is 107 Å². The van der Waals surface area contributed by atoms with E-state index in [1.165, 1.54) is 7.11 Å². The van der Waals surface area contributed by atoms with Crippen molar-refractivity contribution in [3.05, 3.63) is 23.8 Å². The van der Waals surface area contributed by atoms with E-state index in [0.717, 1.165) is 12.8 Å². The number of nitrogens with one attached hydrogen (secondary N) is 1. The molecule has 0 saturated carbocycles. The maximum absolute atomic E-state index is 11.9. The molecule has 18 heavy (non-hydrogen) atoms. The van der Waals surface area contributed by atoms with E-state index in [0.29, 0.717) is 30.2 Å². The fraction of sp³-hybridized carbons (Fsp3) is 0.462. The Morgan fingerprint density at radius 2 is 2.11 bits per heavy atom. The van der Waals surface area contributed by atoms with Crippen molar-refractivity contribution in [3.8, 4) is 5.75 Å². The van der Waals surface area contributed by atoms with Crippen LogP contribution in [0.15, 0.2) is 18.2 Å². The minimum atomic E-state index is -0.177. The van der Waals surface area contributed by atoms with Gasteiger partial charge in [-0.3, -0.25) is 4.79 Å². The molecule has 1 aromatic carbocycles. The van der Waals surface area contributed by atoms with Gasteiger partial charge in [-0.15, -0.1) is 0 Å². The maximum Gasteiger partial charge on any atom is 0.253 e. The van der Waals surface area contributed by atoms with E-state index in [4.69, 9.17) is 15.2 Å². The summed E-state index contributed by atoms with van der Waals surface area (Å²) in [6, 6.07) is 5.15. The molecular formula is C13H20N2O3. The number of carbonyl (C=O) groups is 1. The number of ether oxygens (including phenoxy) is 2. The number of benzene rings is 1. The number of amides is 1. The number of para-hydroxylation sites is 1. The first-order chi connectivity index (χ1) is 8.70. The Hall–Kier alpha value is -1.75. The van der Waals surface area contributed by atoms with Gasteiger partial charge in [-0.05, 0) is 25.0 Å². The molecule has 1 amide bonds. The standard InChI is InChI=1S/C13H20N2O3/c1-17-9-4-3-8-15-13(16)10-6-5-7-11(18-2)12(10)14/h5-7H,3-4,8-9,14H2,1-2H3,(H,15,16). The molecule has 0 bridgehead atoms. The number of anilines is 1. The van der Waals surface area contributed by atoms with Gasteiger partial charge in [-0.1, -0.05) is 6.07 Å². The number of methoxy groups -OCH3 is 2. The molecule has 1 aromatic rings. The molecule has 0 unspecified atom stereocenters. The monoisotopic (exact) mass is 252 g/mol. The van der Waals surface area contributed by atoms with E-state index in [2.05, 4.69) is 5.32 Å². The van der Waals surface area contributed by atoms with Gasteiger partial charge in [-0.25, -0.2) is 0 Å². The highest BCUT2D eigenvalue weighted by Gasteiger charge is 2.11. The molecule has 5 nitrogen and oxygen atoms in total. The summed E-state index contributed by atoms with van der Waals surface area (Å²) < 4.78 is 10.0. The van der Waals surface area contributed by atoms with Gasteiger partial charge in [0.25, 0.3) is 5.91 Å². The Bertz CT molecular complexity index is 394. The van der Waals surface area contributed by atoms with E-state index in [1.54, 1.807) is 25.3 Å². The van der Waals surface area contributed by atoms with Gasteiger partial charge in [0.15, 0.2) is 0 Å². The Morgan fingerprint density at radius 3 is 2.78 bits per heavy atom. The molecule has 0 aliphatic rings. The molecule has 0 radical (unpaired) electrons. The van der Waals surface area contributed by atoms with Crippen LogP contribution in [0.5, 0.6) is 5.75 Å². The number of nitrogen functional groups attached to an aromatic ring is 1. The summed E-state index contributed by atoms with van der Waals surface area (Å²) in [6.07, 6.45) is 1.80. The summed E-state index contributed by atoms with van der Waals surface area (Å²) in [5, 5.41) is 2.82. The van der Waals surface area contributed by atoms with Crippen LogP contribution in [0.25, 0.3) is 0 Å². The number of hydrogen-bond acceptors (Lipinski definition) is 4. The number of hydrogen-bond donors (Lipinski definition) is 2. The summed E-state index contributed by atoms with van der Waals surface area (Å²) in [6.45, 7) is 1.32. The molecule has 0 spiro atoms. The van der Waals surface area contributed by atoms with E-state index in [9.17, 15) is 4.79 Å². The summed E-state index contributed by atoms with van der Waals surface area (Å²) in [5.74, 6) is 0.339. The molecule has 0 heterocycles. The lowest BCUT2D eigenvalue weighted by Crippen LogP contribution is -2.25. The van der Waals surface area contributed by atoms with Crippen LogP contribution >= 0.6 is 0 Å². The predicted molar refractivity (Wildman–Crippen MR) is 70.8 cm³/mol. The van der Waals surface area contributed by atoms with Crippen molar-refractivity contribution in [1.29, 1.82) is 0 Å². The topological polar surface area (TPSA) is 73.6 Å². The van der Waals surface area contributed by atoms with Gasteiger partial charge in [0.05, 0.1) is 18.4 Å². The second kappa shape index (κ2) is 7.55. The zero-order valence-electron chi connectivity index (χ0n) is 10.9. The predicted octanol–water partition coefficient (Wildman–Crippen LogP) is 1.43. The van der Waals surface area contributed by atoms with Gasteiger partial charge in [0.1, 0.15) is 5.75 Å². The van der Waals surface area contributed by atoms with Gasteiger partial charge in [-0.2, -0.15) is 0 Å². The first-order valence-electron chi connectivity index (χ1n) is 5.90. The minimum Gasteiger partial charge on any atom is -0.495 e. The quantitative estimate of drug-likeness (QED) is 0.569. The molecular weight excluding hydrogens is 232 g/mol. The lowest BCUT2D eigenvalue weighted by molar-refractivity contribution is 0.0952. The molecule has 100 valence electrons. The smallest absolute Gasteiger partial charge is 0.253 e. The van der Waals surface area contributed by atoms with Gasteiger partial charge < -0.3 is 20.5 Å². The second-order valence-electron chi connectivity index (χ2n) is 3.88.